The average molecular weight is 287 g/mol. The van der Waals surface area contributed by atoms with Crippen LogP contribution in [0.5, 0.6) is 5.75 Å². The van der Waals surface area contributed by atoms with Gasteiger partial charge in [0.2, 0.25) is 10.0 Å². The second kappa shape index (κ2) is 5.09. The van der Waals surface area contributed by atoms with Crippen molar-refractivity contribution in [2.24, 2.45) is 5.92 Å². The van der Waals surface area contributed by atoms with Gasteiger partial charge in [-0.3, -0.25) is 0 Å². The topological polar surface area (TPSA) is 46.6 Å². The molecule has 0 fully saturated rings. The van der Waals surface area contributed by atoms with Gasteiger partial charge in [0.15, 0.2) is 0 Å². The first-order valence-corrected chi connectivity index (χ1v) is 7.66. The van der Waals surface area contributed by atoms with Crippen LogP contribution in [0.15, 0.2) is 23.1 Å². The van der Waals surface area contributed by atoms with E-state index in [0.717, 1.165) is 12.1 Å². The van der Waals surface area contributed by atoms with E-state index in [-0.39, 0.29) is 23.3 Å². The molecule has 0 radical (unpaired) electrons. The number of rotatable bonds is 2. The minimum Gasteiger partial charge on any atom is -0.490 e. The van der Waals surface area contributed by atoms with Crippen molar-refractivity contribution >= 4 is 10.0 Å². The summed E-state index contributed by atoms with van der Waals surface area (Å²) in [6.07, 6.45) is 0.701. The van der Waals surface area contributed by atoms with Crippen LogP contribution >= 0.6 is 0 Å². The maximum Gasteiger partial charge on any atom is 0.246 e. The fourth-order valence-electron chi connectivity index (χ4n) is 2.21. The molecule has 0 aliphatic carbocycles. The molecule has 6 heteroatoms. The second-order valence-electron chi connectivity index (χ2n) is 5.21. The van der Waals surface area contributed by atoms with Gasteiger partial charge in [0.05, 0.1) is 6.04 Å². The van der Waals surface area contributed by atoms with Gasteiger partial charge in [-0.1, -0.05) is 13.8 Å². The smallest absolute Gasteiger partial charge is 0.246 e. The summed E-state index contributed by atoms with van der Waals surface area (Å²) in [5.74, 6) is -0.0544. The van der Waals surface area contributed by atoms with E-state index in [1.807, 2.05) is 13.8 Å². The van der Waals surface area contributed by atoms with Gasteiger partial charge in [0.1, 0.15) is 23.1 Å². The Morgan fingerprint density at radius 3 is 2.79 bits per heavy atom. The standard InChI is InChI=1S/C13H18FNO3S/c1-9(2)6-11-8-18-12-7-10(14)4-5-13(12)19(16,17)15(11)3/h4-5,7,9,11H,6,8H2,1-3H3/t11-/m0/s1. The zero-order chi connectivity index (χ0) is 14.2. The molecule has 1 aliphatic rings. The lowest BCUT2D eigenvalue weighted by molar-refractivity contribution is 0.206. The first kappa shape index (κ1) is 14.3. The van der Waals surface area contributed by atoms with Crippen LogP contribution in [0.4, 0.5) is 4.39 Å². The Morgan fingerprint density at radius 1 is 1.47 bits per heavy atom. The summed E-state index contributed by atoms with van der Waals surface area (Å²) in [5, 5.41) is 0. The van der Waals surface area contributed by atoms with E-state index in [9.17, 15) is 12.8 Å². The summed E-state index contributed by atoms with van der Waals surface area (Å²) < 4.78 is 44.9. The van der Waals surface area contributed by atoms with Gasteiger partial charge < -0.3 is 4.74 Å². The molecule has 0 bridgehead atoms. The lowest BCUT2D eigenvalue weighted by Crippen LogP contribution is -2.39. The number of fused-ring (bicyclic) bond motifs is 1. The molecule has 1 heterocycles. The van der Waals surface area contributed by atoms with Crippen molar-refractivity contribution in [3.05, 3.63) is 24.0 Å². The summed E-state index contributed by atoms with van der Waals surface area (Å²) in [4.78, 5) is 0.0302. The van der Waals surface area contributed by atoms with E-state index < -0.39 is 15.8 Å². The quantitative estimate of drug-likeness (QED) is 0.838. The maximum absolute atomic E-state index is 13.2. The molecule has 0 saturated carbocycles. The molecule has 0 N–H and O–H groups in total. The van der Waals surface area contributed by atoms with E-state index in [0.29, 0.717) is 12.3 Å². The van der Waals surface area contributed by atoms with Crippen LogP contribution in [0.2, 0.25) is 0 Å². The fourth-order valence-corrected chi connectivity index (χ4v) is 3.67. The van der Waals surface area contributed by atoms with Gasteiger partial charge in [0.25, 0.3) is 0 Å². The minimum atomic E-state index is -3.63. The van der Waals surface area contributed by atoms with Crippen LogP contribution in [-0.2, 0) is 10.0 Å². The lowest BCUT2D eigenvalue weighted by Gasteiger charge is -2.25. The van der Waals surface area contributed by atoms with E-state index in [1.165, 1.54) is 10.4 Å². The second-order valence-corrected chi connectivity index (χ2v) is 7.17. The molecule has 2 rings (SSSR count). The third-order valence-corrected chi connectivity index (χ3v) is 5.20. The predicted octanol–water partition coefficient (Wildman–Crippen LogP) is 2.25. The number of hydrogen-bond donors (Lipinski definition) is 0. The number of halogens is 1. The van der Waals surface area contributed by atoms with Crippen LogP contribution in [0.25, 0.3) is 0 Å². The molecule has 0 amide bonds. The van der Waals surface area contributed by atoms with Crippen LogP contribution in [-0.4, -0.2) is 32.4 Å². The highest BCUT2D eigenvalue weighted by atomic mass is 32.2. The third-order valence-electron chi connectivity index (χ3n) is 3.25. The molecule has 0 saturated heterocycles. The van der Waals surface area contributed by atoms with Crippen LogP contribution in [0.1, 0.15) is 20.3 Å². The van der Waals surface area contributed by atoms with Crippen molar-refractivity contribution in [1.29, 1.82) is 0 Å². The first-order chi connectivity index (χ1) is 8.82. The van der Waals surface area contributed by atoms with Crippen LogP contribution < -0.4 is 4.74 Å². The van der Waals surface area contributed by atoms with Crippen molar-refractivity contribution in [2.75, 3.05) is 13.7 Å². The number of benzene rings is 1. The van der Waals surface area contributed by atoms with Crippen LogP contribution in [0.3, 0.4) is 0 Å². The molecule has 0 spiro atoms. The Hall–Kier alpha value is -1.14. The third kappa shape index (κ3) is 2.74. The number of nitrogens with zero attached hydrogens (tertiary/aromatic N) is 1. The summed E-state index contributed by atoms with van der Waals surface area (Å²) in [5.41, 5.74) is 0. The number of sulfonamides is 1. The first-order valence-electron chi connectivity index (χ1n) is 6.22. The van der Waals surface area contributed by atoms with Crippen molar-refractivity contribution in [3.8, 4) is 5.75 Å². The molecular weight excluding hydrogens is 269 g/mol. The molecular formula is C13H18FNO3S. The van der Waals surface area contributed by atoms with Gasteiger partial charge >= 0.3 is 0 Å². The van der Waals surface area contributed by atoms with E-state index in [4.69, 9.17) is 4.74 Å². The Kier molecular flexibility index (Phi) is 3.82. The molecule has 106 valence electrons. The Balaban J connectivity index is 2.45. The molecule has 19 heavy (non-hydrogen) atoms. The monoisotopic (exact) mass is 287 g/mol. The highest BCUT2D eigenvalue weighted by molar-refractivity contribution is 7.89. The van der Waals surface area contributed by atoms with Gasteiger partial charge in [0, 0.05) is 13.1 Å². The lowest BCUT2D eigenvalue weighted by atomic mass is 10.0. The summed E-state index contributed by atoms with van der Waals surface area (Å²) >= 11 is 0. The molecule has 1 aromatic carbocycles. The van der Waals surface area contributed by atoms with Gasteiger partial charge in [-0.25, -0.2) is 12.8 Å². The molecule has 1 atom stereocenters. The number of hydrogen-bond acceptors (Lipinski definition) is 3. The Labute approximate surface area is 113 Å². The number of ether oxygens (including phenoxy) is 1. The van der Waals surface area contributed by atoms with E-state index >= 15 is 0 Å². The summed E-state index contributed by atoms with van der Waals surface area (Å²) in [6, 6.07) is 3.28. The summed E-state index contributed by atoms with van der Waals surface area (Å²) in [6.45, 7) is 4.29. The maximum atomic E-state index is 13.2. The Bertz CT molecular complexity index is 571. The Morgan fingerprint density at radius 2 is 2.16 bits per heavy atom. The molecule has 1 aromatic rings. The predicted molar refractivity (Wildman–Crippen MR) is 70.1 cm³/mol. The normalized spacial score (nSPS) is 22.7. The highest BCUT2D eigenvalue weighted by Gasteiger charge is 2.34. The largest absolute Gasteiger partial charge is 0.490 e. The molecule has 0 unspecified atom stereocenters. The average Bonchev–Trinajstić information content (AvgIpc) is 2.39. The minimum absolute atomic E-state index is 0.0302. The van der Waals surface area contributed by atoms with Crippen LogP contribution in [0, 0.1) is 11.7 Å². The van der Waals surface area contributed by atoms with Crippen molar-refractivity contribution in [2.45, 2.75) is 31.2 Å². The molecule has 1 aliphatic heterocycles. The van der Waals surface area contributed by atoms with Crippen molar-refractivity contribution in [1.82, 2.24) is 4.31 Å². The summed E-state index contributed by atoms with van der Waals surface area (Å²) in [7, 11) is -2.08. The van der Waals surface area contributed by atoms with Crippen molar-refractivity contribution in [3.63, 3.8) is 0 Å². The number of likely N-dealkylation sites (N-methyl/N-ethyl adjacent to an activating group) is 1. The zero-order valence-electron chi connectivity index (χ0n) is 11.3. The highest BCUT2D eigenvalue weighted by Crippen LogP contribution is 2.32. The van der Waals surface area contributed by atoms with Gasteiger partial charge in [-0.05, 0) is 24.5 Å². The van der Waals surface area contributed by atoms with E-state index in [1.54, 1.807) is 7.05 Å². The molecule has 0 aromatic heterocycles. The van der Waals surface area contributed by atoms with E-state index in [2.05, 4.69) is 0 Å². The van der Waals surface area contributed by atoms with Gasteiger partial charge in [-0.2, -0.15) is 4.31 Å². The van der Waals surface area contributed by atoms with Crippen molar-refractivity contribution < 1.29 is 17.5 Å². The molecule has 4 nitrogen and oxygen atoms in total. The SMILES string of the molecule is CC(C)C[C@H]1COc2cc(F)ccc2S(=O)(=O)N1C. The zero-order valence-corrected chi connectivity index (χ0v) is 12.1. The van der Waals surface area contributed by atoms with Gasteiger partial charge in [-0.15, -0.1) is 0 Å². The fraction of sp³-hybridized carbons (Fsp3) is 0.538.